The number of anilines is 1. The van der Waals surface area contributed by atoms with Gasteiger partial charge in [0, 0.05) is 13.1 Å². The second-order valence-corrected chi connectivity index (χ2v) is 7.42. The van der Waals surface area contributed by atoms with Gasteiger partial charge in [0.15, 0.2) is 5.65 Å². The third-order valence-electron chi connectivity index (χ3n) is 5.41. The molecule has 0 bridgehead atoms. The summed E-state index contributed by atoms with van der Waals surface area (Å²) in [4.78, 5) is 22.5. The smallest absolute Gasteiger partial charge is 0.330 e. The van der Waals surface area contributed by atoms with Crippen LogP contribution in [-0.2, 0) is 6.54 Å². The number of methoxy groups -OCH3 is 1. The van der Waals surface area contributed by atoms with Crippen molar-refractivity contribution in [3.05, 3.63) is 46.5 Å². The third kappa shape index (κ3) is 3.98. The minimum Gasteiger partial charge on any atom is -0.497 e. The highest BCUT2D eigenvalue weighted by atomic mass is 16.5. The second-order valence-electron chi connectivity index (χ2n) is 7.42. The van der Waals surface area contributed by atoms with Gasteiger partial charge in [0.1, 0.15) is 11.3 Å². The van der Waals surface area contributed by atoms with Crippen LogP contribution in [0.4, 0.5) is 5.95 Å². The molecular weight excluding hydrogens is 368 g/mol. The number of aromatic nitrogens is 4. The van der Waals surface area contributed by atoms with Crippen LogP contribution in [0.1, 0.15) is 37.8 Å². The molecule has 1 unspecified atom stereocenters. The van der Waals surface area contributed by atoms with Crippen molar-refractivity contribution in [2.24, 2.45) is 0 Å². The van der Waals surface area contributed by atoms with Gasteiger partial charge < -0.3 is 15.4 Å². The summed E-state index contributed by atoms with van der Waals surface area (Å²) in [6.45, 7) is 5.13. The normalized spacial score (nSPS) is 16.4. The summed E-state index contributed by atoms with van der Waals surface area (Å²) in [5.74, 6) is 1.36. The fourth-order valence-corrected chi connectivity index (χ4v) is 3.79. The van der Waals surface area contributed by atoms with Crippen molar-refractivity contribution in [2.75, 3.05) is 32.1 Å². The molecule has 0 radical (unpaired) electrons. The highest BCUT2D eigenvalue weighted by molar-refractivity contribution is 5.72. The number of benzene rings is 1. The molecular formula is C21H28N6O2. The molecule has 29 heavy (non-hydrogen) atoms. The molecule has 2 N–H and O–H groups in total. The number of rotatable bonds is 8. The number of fused-ring (bicyclic) bond motifs is 1. The van der Waals surface area contributed by atoms with E-state index in [1.165, 1.54) is 0 Å². The molecule has 1 aliphatic heterocycles. The number of imidazole rings is 1. The number of unbranched alkanes of at least 4 members (excludes halogenated alkanes) is 1. The third-order valence-corrected chi connectivity index (χ3v) is 5.41. The van der Waals surface area contributed by atoms with Crippen LogP contribution in [0.5, 0.6) is 5.75 Å². The molecule has 154 valence electrons. The van der Waals surface area contributed by atoms with Gasteiger partial charge >= 0.3 is 5.69 Å². The lowest BCUT2D eigenvalue weighted by Crippen LogP contribution is -2.29. The maximum atomic E-state index is 13.4. The van der Waals surface area contributed by atoms with Gasteiger partial charge in [0.2, 0.25) is 5.95 Å². The SMILES string of the molecule is CCCCNc1ncc2c(n1)n(Cc1ccc(OC)cc1)c(=O)n2C1CCNC1. The second kappa shape index (κ2) is 8.65. The standard InChI is InChI=1S/C21H28N6O2/c1-3-4-10-23-20-24-13-18-19(25-20)26(14-15-5-7-17(29-2)8-6-15)21(28)27(18)16-9-11-22-12-16/h5-8,13,16,22H,3-4,9-12,14H2,1-2H3,(H,23,24,25). The van der Waals surface area contributed by atoms with Gasteiger partial charge in [-0.25, -0.2) is 9.78 Å². The summed E-state index contributed by atoms with van der Waals surface area (Å²) in [7, 11) is 1.65. The largest absolute Gasteiger partial charge is 0.497 e. The molecule has 0 aliphatic carbocycles. The first-order valence-electron chi connectivity index (χ1n) is 10.3. The number of nitrogens with one attached hydrogen (secondary N) is 2. The molecule has 8 nitrogen and oxygen atoms in total. The molecule has 2 aromatic heterocycles. The quantitative estimate of drug-likeness (QED) is 0.569. The first-order valence-corrected chi connectivity index (χ1v) is 10.3. The summed E-state index contributed by atoms with van der Waals surface area (Å²) < 4.78 is 8.85. The van der Waals surface area contributed by atoms with Crippen LogP contribution in [0, 0.1) is 0 Å². The molecule has 4 rings (SSSR count). The fraction of sp³-hybridized carbons (Fsp3) is 0.476. The number of ether oxygens (including phenoxy) is 1. The van der Waals surface area contributed by atoms with Crippen molar-refractivity contribution in [1.82, 2.24) is 24.4 Å². The van der Waals surface area contributed by atoms with E-state index < -0.39 is 0 Å². The highest BCUT2D eigenvalue weighted by Gasteiger charge is 2.24. The summed E-state index contributed by atoms with van der Waals surface area (Å²) >= 11 is 0. The molecule has 8 heteroatoms. The van der Waals surface area contributed by atoms with Crippen LogP contribution in [0.25, 0.3) is 11.2 Å². The van der Waals surface area contributed by atoms with Crippen molar-refractivity contribution >= 4 is 17.1 Å². The van der Waals surface area contributed by atoms with Crippen molar-refractivity contribution in [3.63, 3.8) is 0 Å². The average Bonchev–Trinajstić information content (AvgIpc) is 3.36. The summed E-state index contributed by atoms with van der Waals surface area (Å²) in [6, 6.07) is 7.91. The van der Waals surface area contributed by atoms with E-state index in [2.05, 4.69) is 22.5 Å². The molecule has 3 aromatic rings. The van der Waals surface area contributed by atoms with E-state index in [0.29, 0.717) is 18.1 Å². The Morgan fingerprint density at radius 2 is 2.14 bits per heavy atom. The van der Waals surface area contributed by atoms with Crippen LogP contribution < -0.4 is 21.1 Å². The summed E-state index contributed by atoms with van der Waals surface area (Å²) in [5.41, 5.74) is 2.45. The monoisotopic (exact) mass is 396 g/mol. The Bertz CT molecular complexity index is 1020. The summed E-state index contributed by atoms with van der Waals surface area (Å²) in [6.07, 6.45) is 4.86. The van der Waals surface area contributed by atoms with Crippen LogP contribution in [0.2, 0.25) is 0 Å². The minimum absolute atomic E-state index is 0.0375. The van der Waals surface area contributed by atoms with Gasteiger partial charge in [-0.2, -0.15) is 4.98 Å². The Hall–Kier alpha value is -2.87. The molecule has 1 fully saturated rings. The predicted octanol–water partition coefficient (Wildman–Crippen LogP) is 2.40. The van der Waals surface area contributed by atoms with Gasteiger partial charge in [-0.05, 0) is 37.1 Å². The molecule has 0 spiro atoms. The summed E-state index contributed by atoms with van der Waals surface area (Å²) in [5, 5.41) is 6.61. The Kier molecular flexibility index (Phi) is 5.80. The zero-order valence-electron chi connectivity index (χ0n) is 17.0. The Balaban J connectivity index is 1.75. The van der Waals surface area contributed by atoms with E-state index in [-0.39, 0.29) is 11.7 Å². The number of hydrogen-bond donors (Lipinski definition) is 2. The van der Waals surface area contributed by atoms with Gasteiger partial charge in [-0.3, -0.25) is 9.13 Å². The van der Waals surface area contributed by atoms with Crippen LogP contribution in [0.15, 0.2) is 35.3 Å². The first kappa shape index (κ1) is 19.4. The van der Waals surface area contributed by atoms with Gasteiger partial charge in [0.05, 0.1) is 25.9 Å². The Labute approximate surface area is 169 Å². The van der Waals surface area contributed by atoms with E-state index >= 15 is 0 Å². The van der Waals surface area contributed by atoms with E-state index in [9.17, 15) is 4.79 Å². The molecule has 3 heterocycles. The minimum atomic E-state index is -0.0375. The predicted molar refractivity (Wildman–Crippen MR) is 114 cm³/mol. The highest BCUT2D eigenvalue weighted by Crippen LogP contribution is 2.22. The molecule has 1 saturated heterocycles. The number of nitrogens with zero attached hydrogens (tertiary/aromatic N) is 4. The zero-order valence-corrected chi connectivity index (χ0v) is 17.0. The van der Waals surface area contributed by atoms with Gasteiger partial charge in [-0.15, -0.1) is 0 Å². The van der Waals surface area contributed by atoms with E-state index in [0.717, 1.165) is 55.7 Å². The van der Waals surface area contributed by atoms with Crippen LogP contribution in [-0.4, -0.2) is 45.8 Å². The van der Waals surface area contributed by atoms with Crippen molar-refractivity contribution < 1.29 is 4.74 Å². The lowest BCUT2D eigenvalue weighted by Gasteiger charge is -2.10. The van der Waals surface area contributed by atoms with Gasteiger partial charge in [-0.1, -0.05) is 25.5 Å². The van der Waals surface area contributed by atoms with E-state index in [4.69, 9.17) is 9.72 Å². The Morgan fingerprint density at radius 3 is 2.83 bits per heavy atom. The molecule has 1 atom stereocenters. The van der Waals surface area contributed by atoms with E-state index in [1.54, 1.807) is 17.9 Å². The topological polar surface area (TPSA) is 86.0 Å². The molecule has 1 aromatic carbocycles. The van der Waals surface area contributed by atoms with Crippen molar-refractivity contribution in [1.29, 1.82) is 0 Å². The molecule has 1 aliphatic rings. The van der Waals surface area contributed by atoms with Crippen LogP contribution in [0.3, 0.4) is 0 Å². The maximum absolute atomic E-state index is 13.4. The molecule has 0 saturated carbocycles. The maximum Gasteiger partial charge on any atom is 0.330 e. The van der Waals surface area contributed by atoms with Gasteiger partial charge in [0.25, 0.3) is 0 Å². The first-order chi connectivity index (χ1) is 14.2. The average molecular weight is 396 g/mol. The lowest BCUT2D eigenvalue weighted by molar-refractivity contribution is 0.414. The van der Waals surface area contributed by atoms with Crippen LogP contribution >= 0.6 is 0 Å². The van der Waals surface area contributed by atoms with Crippen molar-refractivity contribution in [2.45, 2.75) is 38.8 Å². The fourth-order valence-electron chi connectivity index (χ4n) is 3.79. The zero-order chi connectivity index (χ0) is 20.2. The molecule has 0 amide bonds. The van der Waals surface area contributed by atoms with E-state index in [1.807, 2.05) is 28.8 Å². The Morgan fingerprint density at radius 1 is 1.31 bits per heavy atom. The lowest BCUT2D eigenvalue weighted by atomic mass is 10.2. The van der Waals surface area contributed by atoms with Crippen molar-refractivity contribution in [3.8, 4) is 5.75 Å². The number of hydrogen-bond acceptors (Lipinski definition) is 6.